The zero-order valence-corrected chi connectivity index (χ0v) is 23.1. The van der Waals surface area contributed by atoms with E-state index >= 15 is 0 Å². The van der Waals surface area contributed by atoms with E-state index in [1.54, 1.807) is 12.1 Å². The molecule has 2 N–H and O–H groups in total. The first-order valence-corrected chi connectivity index (χ1v) is 13.4. The molecule has 1 heterocycles. The number of nitrogens with zero attached hydrogens (tertiary/aromatic N) is 1. The van der Waals surface area contributed by atoms with Crippen LogP contribution in [0.4, 0.5) is 15.8 Å². The predicted molar refractivity (Wildman–Crippen MR) is 152 cm³/mol. The van der Waals surface area contributed by atoms with Crippen LogP contribution in [-0.2, 0) is 15.6 Å². The lowest BCUT2D eigenvalue weighted by molar-refractivity contribution is -0.122. The molecule has 5 heteroatoms. The number of anilines is 1. The fourth-order valence-corrected chi connectivity index (χ4v) is 5.83. The number of rotatable bonds is 2. The van der Waals surface area contributed by atoms with Crippen LogP contribution in [0, 0.1) is 11.7 Å². The van der Waals surface area contributed by atoms with Gasteiger partial charge in [-0.1, -0.05) is 65.8 Å². The van der Waals surface area contributed by atoms with Crippen LogP contribution in [0.15, 0.2) is 65.7 Å². The summed E-state index contributed by atoms with van der Waals surface area (Å²) in [5.74, 6) is -0.320. The summed E-state index contributed by atoms with van der Waals surface area (Å²) in [5.41, 5.74) is 5.63. The van der Waals surface area contributed by atoms with Gasteiger partial charge in [-0.05, 0) is 81.8 Å². The third-order valence-electron chi connectivity index (χ3n) is 7.87. The van der Waals surface area contributed by atoms with Gasteiger partial charge in [-0.25, -0.2) is 4.39 Å². The molecule has 1 aliphatic carbocycles. The number of halogens is 1. The number of hydrogen-bond donors (Lipinski definition) is 2. The van der Waals surface area contributed by atoms with Crippen molar-refractivity contribution in [1.29, 1.82) is 0 Å². The van der Waals surface area contributed by atoms with Crippen molar-refractivity contribution in [3.05, 3.63) is 88.7 Å². The van der Waals surface area contributed by atoms with Crippen molar-refractivity contribution in [2.24, 2.45) is 10.9 Å². The van der Waals surface area contributed by atoms with Gasteiger partial charge in [0.25, 0.3) is 0 Å². The lowest BCUT2D eigenvalue weighted by Crippen LogP contribution is -2.39. The zero-order valence-electron chi connectivity index (χ0n) is 23.1. The summed E-state index contributed by atoms with van der Waals surface area (Å²) in [4.78, 5) is 19.0. The molecule has 198 valence electrons. The summed E-state index contributed by atoms with van der Waals surface area (Å²) in [6.07, 6.45) is 1.01. The molecule has 3 aromatic rings. The largest absolute Gasteiger partial charge is 0.507 e. The SMILES string of the molecule is CC(C)(C)c1cc([C@H]2Nc3ccccc3N=C3C[C@@H](c4ccc(F)cc4)CC(=O)[C@@H]32)cc(C(C)(C)C)c1O. The average molecular weight is 513 g/mol. The molecule has 0 bridgehead atoms. The highest BCUT2D eigenvalue weighted by Gasteiger charge is 2.42. The molecule has 0 saturated heterocycles. The van der Waals surface area contributed by atoms with Crippen LogP contribution in [0.3, 0.4) is 0 Å². The Kier molecular flexibility index (Phi) is 6.45. The van der Waals surface area contributed by atoms with E-state index in [0.29, 0.717) is 18.6 Å². The lowest BCUT2D eigenvalue weighted by Gasteiger charge is -2.35. The number of carbonyl (C=O) groups excluding carboxylic acids is 1. The topological polar surface area (TPSA) is 61.7 Å². The molecule has 1 fully saturated rings. The van der Waals surface area contributed by atoms with Crippen molar-refractivity contribution < 1.29 is 14.3 Å². The molecule has 5 rings (SSSR count). The van der Waals surface area contributed by atoms with Gasteiger partial charge < -0.3 is 10.4 Å². The number of hydrogen-bond acceptors (Lipinski definition) is 4. The summed E-state index contributed by atoms with van der Waals surface area (Å²) in [6, 6.07) is 18.2. The van der Waals surface area contributed by atoms with Gasteiger partial charge in [0, 0.05) is 12.1 Å². The van der Waals surface area contributed by atoms with Crippen LogP contribution in [-0.4, -0.2) is 16.6 Å². The number of nitrogens with one attached hydrogen (secondary N) is 1. The molecule has 0 spiro atoms. The summed E-state index contributed by atoms with van der Waals surface area (Å²) < 4.78 is 13.6. The van der Waals surface area contributed by atoms with Crippen LogP contribution in [0.1, 0.15) is 88.6 Å². The molecule has 1 aliphatic heterocycles. The van der Waals surface area contributed by atoms with Crippen LogP contribution in [0.25, 0.3) is 0 Å². The van der Waals surface area contributed by atoms with E-state index in [2.05, 4.69) is 59.0 Å². The molecule has 0 aromatic heterocycles. The molecule has 3 aromatic carbocycles. The number of aliphatic imine (C=N–C) groups is 1. The second-order valence-corrected chi connectivity index (χ2v) is 12.8. The van der Waals surface area contributed by atoms with Crippen LogP contribution in [0.5, 0.6) is 5.75 Å². The maximum atomic E-state index is 14.0. The standard InChI is InChI=1S/C33H37FN2O2/c1-32(2,3)23-15-21(16-24(31(23)38)33(4,5)6)30-29-27(35-25-9-7-8-10-26(25)36-30)17-20(18-28(29)37)19-11-13-22(34)14-12-19/h7-16,20,29-30,36,38H,17-18H2,1-6H3/t20-,29-,30-/m1/s1. The Morgan fingerprint density at radius 1 is 0.868 bits per heavy atom. The average Bonchev–Trinajstić information content (AvgIpc) is 3.00. The molecule has 0 radical (unpaired) electrons. The molecule has 1 saturated carbocycles. The number of para-hydroxylation sites is 2. The number of ketones is 1. The van der Waals surface area contributed by atoms with E-state index in [-0.39, 0.29) is 34.4 Å². The molecule has 0 unspecified atom stereocenters. The Morgan fingerprint density at radius 3 is 2.08 bits per heavy atom. The summed E-state index contributed by atoms with van der Waals surface area (Å²) in [6.45, 7) is 12.6. The Bertz CT molecular complexity index is 1380. The monoisotopic (exact) mass is 512 g/mol. The fourth-order valence-electron chi connectivity index (χ4n) is 5.83. The predicted octanol–water partition coefficient (Wildman–Crippen LogP) is 8.13. The molecule has 4 nitrogen and oxygen atoms in total. The van der Waals surface area contributed by atoms with E-state index in [1.165, 1.54) is 12.1 Å². The number of phenols is 1. The number of phenolic OH excluding ortho intramolecular Hbond substituents is 1. The van der Waals surface area contributed by atoms with E-state index in [4.69, 9.17) is 4.99 Å². The molecule has 0 amide bonds. The van der Waals surface area contributed by atoms with E-state index in [1.807, 2.05) is 24.3 Å². The van der Waals surface area contributed by atoms with E-state index in [9.17, 15) is 14.3 Å². The van der Waals surface area contributed by atoms with Gasteiger partial charge in [-0.3, -0.25) is 9.79 Å². The van der Waals surface area contributed by atoms with Gasteiger partial charge in [0.05, 0.1) is 23.3 Å². The highest BCUT2D eigenvalue weighted by molar-refractivity contribution is 6.10. The molecular weight excluding hydrogens is 475 g/mol. The second-order valence-electron chi connectivity index (χ2n) is 12.8. The van der Waals surface area contributed by atoms with Gasteiger partial charge in [0.15, 0.2) is 0 Å². The van der Waals surface area contributed by atoms with Gasteiger partial charge in [-0.2, -0.15) is 0 Å². The highest BCUT2D eigenvalue weighted by atomic mass is 19.1. The first kappa shape index (κ1) is 26.1. The smallest absolute Gasteiger partial charge is 0.144 e. The number of Topliss-reactive ketones (excluding diaryl/α,β-unsaturated/α-hetero) is 1. The minimum atomic E-state index is -0.440. The summed E-state index contributed by atoms with van der Waals surface area (Å²) >= 11 is 0. The van der Waals surface area contributed by atoms with E-state index in [0.717, 1.165) is 39.3 Å². The van der Waals surface area contributed by atoms with Crippen LogP contribution in [0.2, 0.25) is 0 Å². The normalized spacial score (nSPS) is 21.6. The van der Waals surface area contributed by atoms with Crippen molar-refractivity contribution in [2.45, 2.75) is 77.2 Å². The van der Waals surface area contributed by atoms with Gasteiger partial charge in [0.1, 0.15) is 17.3 Å². The van der Waals surface area contributed by atoms with Crippen molar-refractivity contribution in [3.8, 4) is 5.75 Å². The van der Waals surface area contributed by atoms with Gasteiger partial charge in [-0.15, -0.1) is 0 Å². The minimum Gasteiger partial charge on any atom is -0.507 e. The third kappa shape index (κ3) is 4.87. The van der Waals surface area contributed by atoms with Crippen LogP contribution >= 0.6 is 0 Å². The number of fused-ring (bicyclic) bond motifs is 2. The molecular formula is C33H37FN2O2. The Hall–Kier alpha value is -3.47. The summed E-state index contributed by atoms with van der Waals surface area (Å²) in [7, 11) is 0. The summed E-state index contributed by atoms with van der Waals surface area (Å²) in [5, 5.41) is 15.0. The van der Waals surface area contributed by atoms with Gasteiger partial charge >= 0.3 is 0 Å². The number of aromatic hydroxyl groups is 1. The Labute approximate surface area is 225 Å². The highest BCUT2D eigenvalue weighted by Crippen LogP contribution is 2.47. The minimum absolute atomic E-state index is 0.0425. The Balaban J connectivity index is 1.66. The van der Waals surface area contributed by atoms with Crippen molar-refractivity contribution in [3.63, 3.8) is 0 Å². The van der Waals surface area contributed by atoms with Crippen molar-refractivity contribution >= 4 is 22.9 Å². The van der Waals surface area contributed by atoms with Gasteiger partial charge in [0.2, 0.25) is 0 Å². The molecule has 38 heavy (non-hydrogen) atoms. The first-order valence-electron chi connectivity index (χ1n) is 13.4. The van der Waals surface area contributed by atoms with Crippen molar-refractivity contribution in [2.75, 3.05) is 5.32 Å². The second kappa shape index (κ2) is 9.37. The molecule has 3 atom stereocenters. The maximum Gasteiger partial charge on any atom is 0.144 e. The fraction of sp³-hybridized carbons (Fsp3) is 0.394. The van der Waals surface area contributed by atoms with E-state index < -0.39 is 5.92 Å². The lowest BCUT2D eigenvalue weighted by atomic mass is 9.71. The van der Waals surface area contributed by atoms with Crippen LogP contribution < -0.4 is 5.32 Å². The third-order valence-corrected chi connectivity index (χ3v) is 7.87. The molecule has 2 aliphatic rings. The van der Waals surface area contributed by atoms with Crippen molar-refractivity contribution in [1.82, 2.24) is 0 Å². The zero-order chi connectivity index (χ0) is 27.4. The number of carbonyl (C=O) groups is 1. The Morgan fingerprint density at radius 2 is 1.47 bits per heavy atom. The first-order chi connectivity index (χ1) is 17.8. The quantitative estimate of drug-likeness (QED) is 0.364. The maximum absolute atomic E-state index is 14.0. The number of benzene rings is 3.